The third-order valence-corrected chi connectivity index (χ3v) is 7.72. The Balaban J connectivity index is 1.74. The van der Waals surface area contributed by atoms with Crippen LogP contribution in [0.1, 0.15) is 11.5 Å². The zero-order chi connectivity index (χ0) is 20.4. The first-order valence-corrected chi connectivity index (χ1v) is 11.5. The summed E-state index contributed by atoms with van der Waals surface area (Å²) < 4.78 is 34.0. The van der Waals surface area contributed by atoms with Crippen molar-refractivity contribution in [1.82, 2.24) is 4.98 Å². The number of rotatable bonds is 6. The van der Waals surface area contributed by atoms with Crippen molar-refractivity contribution in [3.05, 3.63) is 88.6 Å². The van der Waals surface area contributed by atoms with E-state index in [9.17, 15) is 8.42 Å². The zero-order valence-corrected chi connectivity index (χ0v) is 17.8. The van der Waals surface area contributed by atoms with E-state index in [0.717, 1.165) is 5.56 Å². The number of aromatic nitrogens is 1. The van der Waals surface area contributed by atoms with E-state index in [4.69, 9.17) is 16.0 Å². The molecular formula is C21H17ClN2O3S2. The number of benzene rings is 2. The van der Waals surface area contributed by atoms with Crippen LogP contribution in [0, 0.1) is 6.92 Å². The summed E-state index contributed by atoms with van der Waals surface area (Å²) in [6.45, 7) is 1.83. The maximum atomic E-state index is 13.3. The molecule has 0 N–H and O–H groups in total. The van der Waals surface area contributed by atoms with Crippen molar-refractivity contribution in [1.29, 1.82) is 0 Å². The second-order valence-corrected chi connectivity index (χ2v) is 9.78. The minimum absolute atomic E-state index is 0.0557. The Labute approximate surface area is 178 Å². The van der Waals surface area contributed by atoms with Crippen molar-refractivity contribution in [2.24, 2.45) is 0 Å². The highest BCUT2D eigenvalue weighted by atomic mass is 35.5. The van der Waals surface area contributed by atoms with Crippen molar-refractivity contribution in [2.75, 3.05) is 4.31 Å². The van der Waals surface area contributed by atoms with Crippen molar-refractivity contribution < 1.29 is 12.8 Å². The van der Waals surface area contributed by atoms with E-state index >= 15 is 0 Å². The van der Waals surface area contributed by atoms with Crippen LogP contribution in [0.3, 0.4) is 0 Å². The Bertz CT molecular complexity index is 1220. The van der Waals surface area contributed by atoms with E-state index in [0.29, 0.717) is 28.1 Å². The van der Waals surface area contributed by atoms with E-state index < -0.39 is 10.0 Å². The number of sulfonamides is 1. The van der Waals surface area contributed by atoms with Gasteiger partial charge in [-0.2, -0.15) is 0 Å². The molecule has 0 saturated carbocycles. The van der Waals surface area contributed by atoms with Crippen LogP contribution in [0.5, 0.6) is 0 Å². The first-order valence-electron chi connectivity index (χ1n) is 8.79. The quantitative estimate of drug-likeness (QED) is 0.379. The highest BCUT2D eigenvalue weighted by Gasteiger charge is 2.28. The van der Waals surface area contributed by atoms with E-state index in [-0.39, 0.29) is 10.8 Å². The molecule has 0 radical (unpaired) electrons. The highest BCUT2D eigenvalue weighted by molar-refractivity contribution is 7.94. The van der Waals surface area contributed by atoms with Crippen LogP contribution in [-0.4, -0.2) is 13.4 Å². The van der Waals surface area contributed by atoms with Gasteiger partial charge in [-0.05, 0) is 48.7 Å². The molecule has 0 spiro atoms. The van der Waals surface area contributed by atoms with Gasteiger partial charge in [0.15, 0.2) is 0 Å². The first kappa shape index (κ1) is 19.7. The third kappa shape index (κ3) is 4.07. The number of hydrogen-bond donors (Lipinski definition) is 0. The Morgan fingerprint density at radius 1 is 1.07 bits per heavy atom. The highest BCUT2D eigenvalue weighted by Crippen LogP contribution is 2.30. The molecule has 0 aliphatic heterocycles. The molecule has 0 fully saturated rings. The molecule has 0 aliphatic rings. The van der Waals surface area contributed by atoms with Crippen LogP contribution in [0.2, 0.25) is 5.02 Å². The van der Waals surface area contributed by atoms with Gasteiger partial charge in [-0.3, -0.25) is 4.31 Å². The lowest BCUT2D eigenvalue weighted by atomic mass is 10.2. The van der Waals surface area contributed by atoms with Gasteiger partial charge in [0.25, 0.3) is 10.0 Å². The van der Waals surface area contributed by atoms with Crippen LogP contribution in [0.15, 0.2) is 80.7 Å². The largest absolute Gasteiger partial charge is 0.441 e. The molecule has 4 aromatic rings. The molecule has 0 bridgehead atoms. The zero-order valence-electron chi connectivity index (χ0n) is 15.4. The summed E-state index contributed by atoms with van der Waals surface area (Å²) in [7, 11) is -3.74. The molecule has 2 aromatic carbocycles. The SMILES string of the molecule is Cc1oc(-c2cccc(Cl)c2)nc1CN(c1ccccc1)S(=O)(=O)c1cccs1. The average molecular weight is 445 g/mol. The topological polar surface area (TPSA) is 63.4 Å². The van der Waals surface area contributed by atoms with Crippen LogP contribution in [-0.2, 0) is 16.6 Å². The standard InChI is InChI=1S/C21H17ClN2O3S2/c1-15-19(23-21(27-15)16-7-5-8-17(22)13-16)14-24(18-9-3-2-4-10-18)29(25,26)20-11-6-12-28-20/h2-13H,14H2,1H3. The lowest BCUT2D eigenvalue weighted by Crippen LogP contribution is -2.30. The van der Waals surface area contributed by atoms with Crippen molar-refractivity contribution >= 4 is 38.6 Å². The molecule has 0 saturated heterocycles. The van der Waals surface area contributed by atoms with Gasteiger partial charge < -0.3 is 4.42 Å². The van der Waals surface area contributed by atoms with Crippen LogP contribution < -0.4 is 4.31 Å². The minimum Gasteiger partial charge on any atom is -0.441 e. The summed E-state index contributed by atoms with van der Waals surface area (Å²) in [6.07, 6.45) is 0. The maximum absolute atomic E-state index is 13.3. The Morgan fingerprint density at radius 2 is 1.86 bits per heavy atom. The summed E-state index contributed by atoms with van der Waals surface area (Å²) in [6, 6.07) is 19.5. The van der Waals surface area contributed by atoms with Gasteiger partial charge in [0.05, 0.1) is 12.2 Å². The Kier molecular flexibility index (Phi) is 5.45. The molecule has 2 aromatic heterocycles. The molecule has 0 atom stereocenters. The molecule has 0 amide bonds. The number of aryl methyl sites for hydroxylation is 1. The average Bonchev–Trinajstić information content (AvgIpc) is 3.37. The summed E-state index contributed by atoms with van der Waals surface area (Å²) in [4.78, 5) is 4.55. The molecule has 2 heterocycles. The summed E-state index contributed by atoms with van der Waals surface area (Å²) >= 11 is 7.25. The van der Waals surface area contributed by atoms with Crippen molar-refractivity contribution in [3.63, 3.8) is 0 Å². The van der Waals surface area contributed by atoms with Crippen LogP contribution in [0.4, 0.5) is 5.69 Å². The number of hydrogen-bond acceptors (Lipinski definition) is 5. The molecule has 0 unspecified atom stereocenters. The molecular weight excluding hydrogens is 428 g/mol. The van der Waals surface area contributed by atoms with Crippen LogP contribution >= 0.6 is 22.9 Å². The number of thiophene rings is 1. The van der Waals surface area contributed by atoms with Gasteiger partial charge in [-0.1, -0.05) is 41.9 Å². The third-order valence-electron chi connectivity index (χ3n) is 4.34. The van der Waals surface area contributed by atoms with E-state index in [2.05, 4.69) is 4.98 Å². The van der Waals surface area contributed by atoms with E-state index in [1.165, 1.54) is 15.6 Å². The fraction of sp³-hybridized carbons (Fsp3) is 0.0952. The molecule has 29 heavy (non-hydrogen) atoms. The second-order valence-electron chi connectivity index (χ2n) is 6.31. The number of halogens is 1. The number of nitrogens with zero attached hydrogens (tertiary/aromatic N) is 2. The monoisotopic (exact) mass is 444 g/mol. The predicted octanol–water partition coefficient (Wildman–Crippen LogP) is 5.76. The normalized spacial score (nSPS) is 11.5. The van der Waals surface area contributed by atoms with Crippen molar-refractivity contribution in [2.45, 2.75) is 17.7 Å². The van der Waals surface area contributed by atoms with Crippen LogP contribution in [0.25, 0.3) is 11.5 Å². The summed E-state index contributed by atoms with van der Waals surface area (Å²) in [5.74, 6) is 0.962. The first-order chi connectivity index (χ1) is 13.9. The van der Waals surface area contributed by atoms with Gasteiger partial charge in [0.2, 0.25) is 5.89 Å². The van der Waals surface area contributed by atoms with E-state index in [1.807, 2.05) is 18.2 Å². The lowest BCUT2D eigenvalue weighted by Gasteiger charge is -2.23. The van der Waals surface area contributed by atoms with E-state index in [1.54, 1.807) is 60.8 Å². The summed E-state index contributed by atoms with van der Waals surface area (Å²) in [5, 5.41) is 2.32. The van der Waals surface area contributed by atoms with Crippen molar-refractivity contribution in [3.8, 4) is 11.5 Å². The number of oxazole rings is 1. The predicted molar refractivity (Wildman–Crippen MR) is 116 cm³/mol. The minimum atomic E-state index is -3.74. The molecule has 4 rings (SSSR count). The molecule has 5 nitrogen and oxygen atoms in total. The molecule has 148 valence electrons. The van der Waals surface area contributed by atoms with Gasteiger partial charge in [-0.25, -0.2) is 13.4 Å². The van der Waals surface area contributed by atoms with Gasteiger partial charge in [-0.15, -0.1) is 11.3 Å². The molecule has 8 heteroatoms. The smallest absolute Gasteiger partial charge is 0.274 e. The number of anilines is 1. The van der Waals surface area contributed by atoms with Gasteiger partial charge >= 0.3 is 0 Å². The maximum Gasteiger partial charge on any atom is 0.274 e. The molecule has 0 aliphatic carbocycles. The lowest BCUT2D eigenvalue weighted by molar-refractivity contribution is 0.539. The Hall–Kier alpha value is -2.61. The van der Waals surface area contributed by atoms with Gasteiger partial charge in [0, 0.05) is 10.6 Å². The second kappa shape index (κ2) is 8.02. The summed E-state index contributed by atoms with van der Waals surface area (Å²) in [5.41, 5.74) is 1.84. The number of para-hydroxylation sites is 1. The fourth-order valence-electron chi connectivity index (χ4n) is 2.88. The Morgan fingerprint density at radius 3 is 2.55 bits per heavy atom. The van der Waals surface area contributed by atoms with Gasteiger partial charge in [0.1, 0.15) is 15.7 Å². The fourth-order valence-corrected chi connectivity index (χ4v) is 5.60.